The third-order valence-corrected chi connectivity index (χ3v) is 4.32. The van der Waals surface area contributed by atoms with Crippen molar-refractivity contribution in [3.05, 3.63) is 35.7 Å². The standard InChI is InChI=1S/C16H21N3O3S/c1-3-12-5-7-13(8-6-12)22-11-14-17-18-16(19(14)4-2)23-10-9-15(20)21/h5-8H,3-4,9-11H2,1-2H3,(H,20,21)/p-1. The average molecular weight is 334 g/mol. The number of nitrogens with zero attached hydrogens (tertiary/aromatic N) is 3. The number of carbonyl (C=O) groups is 1. The Kier molecular flexibility index (Phi) is 6.46. The number of rotatable bonds is 9. The second-order valence-corrected chi connectivity index (χ2v) is 5.96. The number of carboxylic acids is 1. The number of aliphatic carboxylic acids is 1. The van der Waals surface area contributed by atoms with Gasteiger partial charge in [-0.3, -0.25) is 0 Å². The highest BCUT2D eigenvalue weighted by atomic mass is 32.2. The van der Waals surface area contributed by atoms with Crippen LogP contribution in [0.3, 0.4) is 0 Å². The van der Waals surface area contributed by atoms with E-state index in [0.29, 0.717) is 24.1 Å². The van der Waals surface area contributed by atoms with Gasteiger partial charge < -0.3 is 19.2 Å². The summed E-state index contributed by atoms with van der Waals surface area (Å²) < 4.78 is 7.68. The molecular weight excluding hydrogens is 314 g/mol. The Balaban J connectivity index is 1.96. The van der Waals surface area contributed by atoms with Crippen molar-refractivity contribution in [1.29, 1.82) is 0 Å². The van der Waals surface area contributed by atoms with E-state index in [9.17, 15) is 9.90 Å². The highest BCUT2D eigenvalue weighted by Gasteiger charge is 2.11. The zero-order valence-corrected chi connectivity index (χ0v) is 14.1. The Hall–Kier alpha value is -2.02. The second-order valence-electron chi connectivity index (χ2n) is 4.90. The first-order valence-corrected chi connectivity index (χ1v) is 8.59. The lowest BCUT2D eigenvalue weighted by Gasteiger charge is -2.09. The van der Waals surface area contributed by atoms with Gasteiger partial charge in [0, 0.05) is 18.3 Å². The van der Waals surface area contributed by atoms with Crippen molar-refractivity contribution in [3.63, 3.8) is 0 Å². The molecule has 2 aromatic rings. The number of hydrogen-bond acceptors (Lipinski definition) is 6. The normalized spacial score (nSPS) is 10.7. The van der Waals surface area contributed by atoms with Crippen LogP contribution in [0.15, 0.2) is 29.4 Å². The van der Waals surface area contributed by atoms with Crippen molar-refractivity contribution in [2.75, 3.05) is 5.75 Å². The summed E-state index contributed by atoms with van der Waals surface area (Å²) in [6.45, 7) is 5.13. The van der Waals surface area contributed by atoms with Gasteiger partial charge in [0.2, 0.25) is 0 Å². The van der Waals surface area contributed by atoms with Crippen molar-refractivity contribution in [2.24, 2.45) is 0 Å². The van der Waals surface area contributed by atoms with Crippen LogP contribution < -0.4 is 9.84 Å². The predicted molar refractivity (Wildman–Crippen MR) is 86.2 cm³/mol. The largest absolute Gasteiger partial charge is 0.550 e. The number of thioether (sulfide) groups is 1. The maximum atomic E-state index is 10.5. The topological polar surface area (TPSA) is 80.1 Å². The van der Waals surface area contributed by atoms with Crippen LogP contribution in [0, 0.1) is 0 Å². The molecule has 0 aliphatic carbocycles. The van der Waals surface area contributed by atoms with Crippen molar-refractivity contribution in [2.45, 2.75) is 45.0 Å². The van der Waals surface area contributed by atoms with E-state index in [1.807, 2.05) is 35.8 Å². The van der Waals surface area contributed by atoms with Crippen molar-refractivity contribution >= 4 is 17.7 Å². The highest BCUT2D eigenvalue weighted by Crippen LogP contribution is 2.19. The molecule has 0 saturated carbocycles. The molecule has 1 aromatic carbocycles. The molecule has 0 atom stereocenters. The number of hydrogen-bond donors (Lipinski definition) is 0. The maximum absolute atomic E-state index is 10.5. The summed E-state index contributed by atoms with van der Waals surface area (Å²) in [5.74, 6) is 0.876. The number of benzene rings is 1. The van der Waals surface area contributed by atoms with Crippen LogP contribution in [0.25, 0.3) is 0 Å². The Morgan fingerprint density at radius 3 is 2.61 bits per heavy atom. The molecule has 7 heteroatoms. The minimum atomic E-state index is -1.06. The van der Waals surface area contributed by atoms with E-state index in [2.05, 4.69) is 17.1 Å². The van der Waals surface area contributed by atoms with Gasteiger partial charge in [-0.15, -0.1) is 10.2 Å². The summed E-state index contributed by atoms with van der Waals surface area (Å²) in [7, 11) is 0. The Morgan fingerprint density at radius 1 is 1.26 bits per heavy atom. The van der Waals surface area contributed by atoms with Gasteiger partial charge in [-0.1, -0.05) is 30.8 Å². The van der Waals surface area contributed by atoms with E-state index in [1.54, 1.807) is 0 Å². The average Bonchev–Trinajstić information content (AvgIpc) is 2.95. The van der Waals surface area contributed by atoms with E-state index in [-0.39, 0.29) is 6.42 Å². The van der Waals surface area contributed by atoms with Crippen LogP contribution in [-0.4, -0.2) is 26.5 Å². The quantitative estimate of drug-likeness (QED) is 0.649. The number of carbonyl (C=O) groups excluding carboxylic acids is 1. The van der Waals surface area contributed by atoms with E-state index in [4.69, 9.17) is 4.74 Å². The smallest absolute Gasteiger partial charge is 0.191 e. The van der Waals surface area contributed by atoms with Crippen LogP contribution in [0.4, 0.5) is 0 Å². The highest BCUT2D eigenvalue weighted by molar-refractivity contribution is 7.99. The fraction of sp³-hybridized carbons (Fsp3) is 0.438. The molecule has 0 bridgehead atoms. The minimum absolute atomic E-state index is 0.00312. The molecule has 6 nitrogen and oxygen atoms in total. The fourth-order valence-electron chi connectivity index (χ4n) is 2.05. The first-order chi connectivity index (χ1) is 11.1. The summed E-state index contributed by atoms with van der Waals surface area (Å²) in [6, 6.07) is 7.98. The molecule has 0 spiro atoms. The molecule has 0 aliphatic heterocycles. The minimum Gasteiger partial charge on any atom is -0.550 e. The second kappa shape index (κ2) is 8.57. The fourth-order valence-corrected chi connectivity index (χ4v) is 2.99. The lowest BCUT2D eigenvalue weighted by Crippen LogP contribution is -2.22. The van der Waals surface area contributed by atoms with E-state index in [0.717, 1.165) is 18.0 Å². The molecular formula is C16H20N3O3S-. The van der Waals surface area contributed by atoms with Gasteiger partial charge in [0.05, 0.1) is 0 Å². The summed E-state index contributed by atoms with van der Waals surface area (Å²) in [4.78, 5) is 10.5. The number of ether oxygens (including phenoxy) is 1. The summed E-state index contributed by atoms with van der Waals surface area (Å²) >= 11 is 1.36. The molecule has 0 fully saturated rings. The van der Waals surface area contributed by atoms with Crippen LogP contribution in [0.5, 0.6) is 5.75 Å². The van der Waals surface area contributed by atoms with Gasteiger partial charge in [-0.25, -0.2) is 0 Å². The lowest BCUT2D eigenvalue weighted by molar-refractivity contribution is -0.305. The van der Waals surface area contributed by atoms with E-state index in [1.165, 1.54) is 17.3 Å². The molecule has 124 valence electrons. The summed E-state index contributed by atoms with van der Waals surface area (Å²) in [5, 5.41) is 19.4. The molecule has 0 N–H and O–H groups in total. The van der Waals surface area contributed by atoms with Gasteiger partial charge >= 0.3 is 0 Å². The van der Waals surface area contributed by atoms with E-state index >= 15 is 0 Å². The third kappa shape index (κ3) is 4.99. The van der Waals surface area contributed by atoms with Gasteiger partial charge in [-0.05, 0) is 37.5 Å². The van der Waals surface area contributed by atoms with Crippen molar-refractivity contribution in [1.82, 2.24) is 14.8 Å². The monoisotopic (exact) mass is 334 g/mol. The number of aromatic nitrogens is 3. The summed E-state index contributed by atoms with van der Waals surface area (Å²) in [6.07, 6.45) is 0.994. The van der Waals surface area contributed by atoms with Crippen LogP contribution >= 0.6 is 11.8 Å². The lowest BCUT2D eigenvalue weighted by atomic mass is 10.2. The Labute approximate surface area is 139 Å². The van der Waals surface area contributed by atoms with E-state index < -0.39 is 5.97 Å². The zero-order chi connectivity index (χ0) is 16.7. The molecule has 0 unspecified atom stereocenters. The van der Waals surface area contributed by atoms with Crippen molar-refractivity contribution < 1.29 is 14.6 Å². The van der Waals surface area contributed by atoms with Gasteiger partial charge in [-0.2, -0.15) is 0 Å². The maximum Gasteiger partial charge on any atom is 0.191 e. The predicted octanol–water partition coefficient (Wildman–Crippen LogP) is 1.67. The zero-order valence-electron chi connectivity index (χ0n) is 13.3. The number of carboxylic acid groups (broad SMARTS) is 1. The van der Waals surface area contributed by atoms with Crippen LogP contribution in [-0.2, 0) is 24.4 Å². The molecule has 0 saturated heterocycles. The molecule has 1 heterocycles. The first-order valence-electron chi connectivity index (χ1n) is 7.60. The third-order valence-electron chi connectivity index (χ3n) is 3.35. The first kappa shape index (κ1) is 17.3. The molecule has 0 radical (unpaired) electrons. The number of aryl methyl sites for hydroxylation is 1. The molecule has 0 amide bonds. The van der Waals surface area contributed by atoms with Gasteiger partial charge in [0.1, 0.15) is 12.4 Å². The molecule has 0 aliphatic rings. The molecule has 1 aromatic heterocycles. The summed E-state index contributed by atoms with van der Waals surface area (Å²) in [5.41, 5.74) is 1.26. The SMILES string of the molecule is CCc1ccc(OCc2nnc(SCCC(=O)[O-])n2CC)cc1. The molecule has 23 heavy (non-hydrogen) atoms. The Morgan fingerprint density at radius 2 is 2.00 bits per heavy atom. The Bertz CT molecular complexity index is 641. The van der Waals surface area contributed by atoms with Crippen molar-refractivity contribution in [3.8, 4) is 5.75 Å². The van der Waals surface area contributed by atoms with Crippen LogP contribution in [0.2, 0.25) is 0 Å². The molecule has 2 rings (SSSR count). The van der Waals surface area contributed by atoms with Gasteiger partial charge in [0.25, 0.3) is 0 Å². The van der Waals surface area contributed by atoms with Crippen LogP contribution in [0.1, 0.15) is 31.7 Å². The van der Waals surface area contributed by atoms with Gasteiger partial charge in [0.15, 0.2) is 11.0 Å².